The van der Waals surface area contributed by atoms with E-state index in [4.69, 9.17) is 18.9 Å². The maximum absolute atomic E-state index is 12.3. The zero-order valence-corrected chi connectivity index (χ0v) is 32.9. The Labute approximate surface area is 316 Å². The minimum absolute atomic E-state index is 0.119. The predicted molar refractivity (Wildman–Crippen MR) is 196 cm³/mol. The van der Waals surface area contributed by atoms with Crippen LogP contribution in [0, 0.1) is 59.2 Å². The highest BCUT2D eigenvalue weighted by Crippen LogP contribution is 2.45. The summed E-state index contributed by atoms with van der Waals surface area (Å²) in [7, 11) is 0. The van der Waals surface area contributed by atoms with Gasteiger partial charge in [0.15, 0.2) is 12.6 Å². The fraction of sp³-hybridized carbons (Fsp3) is 1.00. The van der Waals surface area contributed by atoms with Crippen molar-refractivity contribution in [2.24, 2.45) is 59.2 Å². The minimum Gasteiger partial charge on any atom is -0.352 e. The van der Waals surface area contributed by atoms with Crippen molar-refractivity contribution in [1.29, 1.82) is 0 Å². The fourth-order valence-electron chi connectivity index (χ4n) is 10.8. The molecular formula is C43H72F6O4. The average Bonchev–Trinajstić information content (AvgIpc) is 3.15. The van der Waals surface area contributed by atoms with Crippen molar-refractivity contribution in [1.82, 2.24) is 0 Å². The Balaban J connectivity index is 0.000000204. The summed E-state index contributed by atoms with van der Waals surface area (Å²) in [6.07, 6.45) is 14.2. The molecule has 0 spiro atoms. The van der Waals surface area contributed by atoms with Gasteiger partial charge in [0.2, 0.25) is 0 Å². The van der Waals surface area contributed by atoms with Crippen molar-refractivity contribution in [3.63, 3.8) is 0 Å². The van der Waals surface area contributed by atoms with Gasteiger partial charge in [-0.05, 0) is 138 Å². The highest BCUT2D eigenvalue weighted by molar-refractivity contribution is 4.85. The van der Waals surface area contributed by atoms with Crippen LogP contribution in [0.25, 0.3) is 0 Å². The predicted octanol–water partition coefficient (Wildman–Crippen LogP) is 13.1. The van der Waals surface area contributed by atoms with Crippen molar-refractivity contribution in [2.75, 3.05) is 26.4 Å². The standard InChI is InChI=1S/C22H37F3O2.C21H35F3O2/c1-2-16-5-7-18(8-6-16)19-9-11-20(12-10-19)21-26-14-17(15-27-21)4-3-13-22(23,24)25;1-15-4-6-17(7-5-15)18-8-10-19(11-9-18)20-25-13-16(14-26-20)3-2-12-21(22,23)24/h16-21H,2-15H2,1H3;15-20H,2-14H2,1H3/t16-,17-,18-,19-,20-,21-;15-,16-,17-,18-,19-,20-. The molecule has 310 valence electrons. The van der Waals surface area contributed by atoms with Gasteiger partial charge in [0, 0.05) is 36.5 Å². The molecule has 6 rings (SSSR count). The van der Waals surface area contributed by atoms with Gasteiger partial charge in [-0.3, -0.25) is 0 Å². The lowest BCUT2D eigenvalue weighted by atomic mass is 9.69. The van der Waals surface area contributed by atoms with E-state index in [1.165, 1.54) is 109 Å². The highest BCUT2D eigenvalue weighted by Gasteiger charge is 2.38. The molecule has 4 nitrogen and oxygen atoms in total. The van der Waals surface area contributed by atoms with Gasteiger partial charge in [0.25, 0.3) is 0 Å². The average molecular weight is 767 g/mol. The molecule has 4 aliphatic carbocycles. The van der Waals surface area contributed by atoms with Crippen molar-refractivity contribution in [3.8, 4) is 0 Å². The molecule has 2 saturated heterocycles. The largest absolute Gasteiger partial charge is 0.389 e. The SMILES string of the molecule is CC[C@H]1CC[C@H]([C@H]2CC[C@H]([C@H]3OC[C@H](CCCC(F)(F)F)CO3)CC2)CC1.C[C@H]1CC[C@H]([C@H]2CC[C@H]([C@H]3OC[C@H](CCCC(F)(F)F)CO3)CC2)CC1. The molecule has 0 amide bonds. The zero-order chi connectivity index (χ0) is 37.8. The number of halogens is 6. The summed E-state index contributed by atoms with van der Waals surface area (Å²) in [5.41, 5.74) is 0. The maximum atomic E-state index is 12.3. The van der Waals surface area contributed by atoms with Crippen LogP contribution >= 0.6 is 0 Å². The summed E-state index contributed by atoms with van der Waals surface area (Å²) in [6.45, 7) is 6.93. The first-order valence-corrected chi connectivity index (χ1v) is 21.9. The van der Waals surface area contributed by atoms with E-state index in [1.54, 1.807) is 0 Å². The van der Waals surface area contributed by atoms with Gasteiger partial charge in [0.05, 0.1) is 26.4 Å². The Morgan fingerprint density at radius 1 is 0.415 bits per heavy atom. The molecule has 0 bridgehead atoms. The lowest BCUT2D eigenvalue weighted by molar-refractivity contribution is -0.231. The molecule has 0 aromatic rings. The van der Waals surface area contributed by atoms with Crippen molar-refractivity contribution in [2.45, 2.75) is 186 Å². The minimum atomic E-state index is -4.05. The smallest absolute Gasteiger partial charge is 0.352 e. The molecule has 53 heavy (non-hydrogen) atoms. The molecule has 0 radical (unpaired) electrons. The Morgan fingerprint density at radius 3 is 1.04 bits per heavy atom. The third-order valence-corrected chi connectivity index (χ3v) is 14.4. The number of hydrogen-bond donors (Lipinski definition) is 0. The van der Waals surface area contributed by atoms with Crippen LogP contribution in [0.1, 0.15) is 162 Å². The Hall–Kier alpha value is -0.580. The second-order valence-electron chi connectivity index (χ2n) is 18.4. The van der Waals surface area contributed by atoms with E-state index in [0.29, 0.717) is 51.1 Å². The second kappa shape index (κ2) is 21.3. The van der Waals surface area contributed by atoms with E-state index in [9.17, 15) is 26.3 Å². The summed E-state index contributed by atoms with van der Waals surface area (Å²) in [6, 6.07) is 0. The third kappa shape index (κ3) is 15.0. The zero-order valence-electron chi connectivity index (χ0n) is 32.9. The van der Waals surface area contributed by atoms with Crippen LogP contribution < -0.4 is 0 Å². The molecule has 0 aromatic carbocycles. The van der Waals surface area contributed by atoms with E-state index in [1.807, 2.05) is 0 Å². The molecule has 6 aliphatic rings. The van der Waals surface area contributed by atoms with Crippen LogP contribution in [0.2, 0.25) is 0 Å². The molecule has 6 fully saturated rings. The van der Waals surface area contributed by atoms with Crippen molar-refractivity contribution in [3.05, 3.63) is 0 Å². The van der Waals surface area contributed by atoms with E-state index < -0.39 is 25.2 Å². The summed E-state index contributed by atoms with van der Waals surface area (Å²) in [4.78, 5) is 0. The Morgan fingerprint density at radius 2 is 0.717 bits per heavy atom. The van der Waals surface area contributed by atoms with Crippen LogP contribution in [-0.4, -0.2) is 51.4 Å². The van der Waals surface area contributed by atoms with Gasteiger partial charge in [0.1, 0.15) is 0 Å². The first-order chi connectivity index (χ1) is 25.3. The van der Waals surface area contributed by atoms with E-state index in [0.717, 1.165) is 35.5 Å². The monoisotopic (exact) mass is 767 g/mol. The topological polar surface area (TPSA) is 36.9 Å². The summed E-state index contributed by atoms with van der Waals surface area (Å²) < 4.78 is 97.1. The lowest BCUT2D eigenvalue weighted by Crippen LogP contribution is -2.39. The molecule has 0 atom stereocenters. The normalized spacial score (nSPS) is 39.2. The van der Waals surface area contributed by atoms with E-state index in [2.05, 4.69) is 13.8 Å². The summed E-state index contributed by atoms with van der Waals surface area (Å²) in [5, 5.41) is 0. The Bertz CT molecular complexity index is 976. The molecule has 2 aliphatic heterocycles. The summed E-state index contributed by atoms with van der Waals surface area (Å²) in [5.74, 6) is 6.70. The Kier molecular flexibility index (Phi) is 17.5. The first-order valence-electron chi connectivity index (χ1n) is 21.9. The van der Waals surface area contributed by atoms with Crippen molar-refractivity contribution < 1.29 is 45.3 Å². The van der Waals surface area contributed by atoms with Crippen molar-refractivity contribution >= 4 is 0 Å². The van der Waals surface area contributed by atoms with Crippen LogP contribution in [0.5, 0.6) is 0 Å². The van der Waals surface area contributed by atoms with Gasteiger partial charge < -0.3 is 18.9 Å². The molecule has 0 N–H and O–H groups in total. The molecule has 0 aromatic heterocycles. The number of hydrogen-bond acceptors (Lipinski definition) is 4. The van der Waals surface area contributed by atoms with Crippen LogP contribution in [0.3, 0.4) is 0 Å². The molecule has 10 heteroatoms. The fourth-order valence-corrected chi connectivity index (χ4v) is 10.8. The van der Waals surface area contributed by atoms with Gasteiger partial charge >= 0.3 is 12.4 Å². The third-order valence-electron chi connectivity index (χ3n) is 14.4. The quantitative estimate of drug-likeness (QED) is 0.196. The van der Waals surface area contributed by atoms with Gasteiger partial charge in [-0.15, -0.1) is 0 Å². The van der Waals surface area contributed by atoms with Crippen LogP contribution in [0.4, 0.5) is 26.3 Å². The molecular weight excluding hydrogens is 694 g/mol. The van der Waals surface area contributed by atoms with Gasteiger partial charge in [-0.1, -0.05) is 46.0 Å². The molecule has 2 heterocycles. The number of alkyl halides is 6. The van der Waals surface area contributed by atoms with Gasteiger partial charge in [-0.2, -0.15) is 26.3 Å². The molecule has 4 saturated carbocycles. The maximum Gasteiger partial charge on any atom is 0.389 e. The summed E-state index contributed by atoms with van der Waals surface area (Å²) >= 11 is 0. The number of rotatable bonds is 11. The number of ether oxygens (including phenoxy) is 4. The highest BCUT2D eigenvalue weighted by atomic mass is 19.4. The van der Waals surface area contributed by atoms with E-state index in [-0.39, 0.29) is 37.3 Å². The first kappa shape index (κ1) is 43.5. The van der Waals surface area contributed by atoms with Crippen LogP contribution in [-0.2, 0) is 18.9 Å². The molecule has 0 unspecified atom stereocenters. The van der Waals surface area contributed by atoms with Crippen LogP contribution in [0.15, 0.2) is 0 Å². The second-order valence-corrected chi connectivity index (χ2v) is 18.4. The van der Waals surface area contributed by atoms with E-state index >= 15 is 0 Å². The van der Waals surface area contributed by atoms with Gasteiger partial charge in [-0.25, -0.2) is 0 Å². The lowest BCUT2D eigenvalue weighted by Gasteiger charge is -2.41.